The molecule has 2 rings (SSSR count). The number of aromatic carboxylic acids is 1. The number of hydrogen-bond acceptors (Lipinski definition) is 2. The van der Waals surface area contributed by atoms with Crippen molar-refractivity contribution in [2.45, 2.75) is 0 Å². The number of benzene rings is 1. The summed E-state index contributed by atoms with van der Waals surface area (Å²) in [4.78, 5) is 10.7. The molecule has 1 aromatic heterocycles. The van der Waals surface area contributed by atoms with Gasteiger partial charge in [-0.3, -0.25) is 5.10 Å². The maximum atomic E-state index is 10.7. The molecule has 0 atom stereocenters. The van der Waals surface area contributed by atoms with Gasteiger partial charge in [-0.25, -0.2) is 4.79 Å². The van der Waals surface area contributed by atoms with Crippen molar-refractivity contribution in [3.63, 3.8) is 0 Å². The van der Waals surface area contributed by atoms with Gasteiger partial charge in [0.2, 0.25) is 0 Å². The maximum absolute atomic E-state index is 10.7. The van der Waals surface area contributed by atoms with Gasteiger partial charge in [0, 0.05) is 10.4 Å². The molecule has 1 heterocycles. The first-order valence-corrected chi connectivity index (χ1v) is 3.93. The van der Waals surface area contributed by atoms with Gasteiger partial charge in [0.25, 0.3) is 0 Å². The fraction of sp³-hybridized carbons (Fsp3) is 0. The van der Waals surface area contributed by atoms with Crippen LogP contribution >= 0.6 is 11.6 Å². The van der Waals surface area contributed by atoms with Crippen molar-refractivity contribution >= 4 is 28.5 Å². The number of carbonyl (C=O) groups is 1. The summed E-state index contributed by atoms with van der Waals surface area (Å²) in [6.07, 6.45) is 0. The number of nitrogens with one attached hydrogen (secondary N) is 1. The average Bonchev–Trinajstić information content (AvgIpc) is 2.46. The number of aromatic nitrogens is 2. The van der Waals surface area contributed by atoms with Gasteiger partial charge in [-0.2, -0.15) is 5.10 Å². The van der Waals surface area contributed by atoms with Gasteiger partial charge in [-0.15, -0.1) is 0 Å². The van der Waals surface area contributed by atoms with Crippen molar-refractivity contribution in [2.75, 3.05) is 0 Å². The Morgan fingerprint density at radius 1 is 1.54 bits per heavy atom. The average molecular weight is 197 g/mol. The number of aromatic amines is 1. The van der Waals surface area contributed by atoms with Crippen LogP contribution in [0.3, 0.4) is 0 Å². The molecule has 4 nitrogen and oxygen atoms in total. The third-order valence-electron chi connectivity index (χ3n) is 1.73. The first-order chi connectivity index (χ1) is 6.18. The smallest absolute Gasteiger partial charge is 0.357 e. The van der Waals surface area contributed by atoms with Crippen molar-refractivity contribution in [3.05, 3.63) is 28.9 Å². The molecular formula is C8H5ClN2O2. The zero-order chi connectivity index (χ0) is 9.42. The quantitative estimate of drug-likeness (QED) is 0.732. The van der Waals surface area contributed by atoms with Gasteiger partial charge in [0.05, 0.1) is 5.52 Å². The third-order valence-corrected chi connectivity index (χ3v) is 1.96. The van der Waals surface area contributed by atoms with Crippen molar-refractivity contribution in [1.29, 1.82) is 0 Å². The van der Waals surface area contributed by atoms with E-state index in [-0.39, 0.29) is 5.69 Å². The van der Waals surface area contributed by atoms with Crippen LogP contribution < -0.4 is 0 Å². The molecule has 0 aliphatic rings. The monoisotopic (exact) mass is 196 g/mol. The summed E-state index contributed by atoms with van der Waals surface area (Å²) in [5.41, 5.74) is 0.666. The van der Waals surface area contributed by atoms with Gasteiger partial charge in [-0.1, -0.05) is 11.6 Å². The van der Waals surface area contributed by atoms with Crippen molar-refractivity contribution in [2.24, 2.45) is 0 Å². The number of hydrogen-bond donors (Lipinski definition) is 2. The Labute approximate surface area is 78.1 Å². The predicted molar refractivity (Wildman–Crippen MR) is 48.1 cm³/mol. The Kier molecular flexibility index (Phi) is 1.70. The molecule has 66 valence electrons. The van der Waals surface area contributed by atoms with E-state index in [0.717, 1.165) is 0 Å². The van der Waals surface area contributed by atoms with Gasteiger partial charge in [0.15, 0.2) is 5.69 Å². The molecule has 5 heteroatoms. The van der Waals surface area contributed by atoms with Crippen molar-refractivity contribution < 1.29 is 9.90 Å². The molecule has 2 aromatic rings. The number of rotatable bonds is 1. The van der Waals surface area contributed by atoms with Crippen LogP contribution in [-0.2, 0) is 0 Å². The van der Waals surface area contributed by atoms with Crippen LogP contribution in [0.15, 0.2) is 18.2 Å². The molecule has 0 bridgehead atoms. The summed E-state index contributed by atoms with van der Waals surface area (Å²) in [5.74, 6) is -1.06. The van der Waals surface area contributed by atoms with Gasteiger partial charge in [-0.05, 0) is 18.2 Å². The van der Waals surface area contributed by atoms with E-state index in [9.17, 15) is 4.79 Å². The van der Waals surface area contributed by atoms with E-state index in [4.69, 9.17) is 16.7 Å². The second-order valence-corrected chi connectivity index (χ2v) is 3.00. The zero-order valence-electron chi connectivity index (χ0n) is 6.41. The lowest BCUT2D eigenvalue weighted by Gasteiger charge is -1.90. The van der Waals surface area contributed by atoms with E-state index in [1.165, 1.54) is 0 Å². The van der Waals surface area contributed by atoms with Crippen LogP contribution in [0.25, 0.3) is 10.9 Å². The summed E-state index contributed by atoms with van der Waals surface area (Å²) >= 11 is 5.72. The van der Waals surface area contributed by atoms with E-state index in [0.29, 0.717) is 15.9 Å². The van der Waals surface area contributed by atoms with Gasteiger partial charge in [0.1, 0.15) is 0 Å². The Balaban J connectivity index is 2.79. The largest absolute Gasteiger partial charge is 0.476 e. The van der Waals surface area contributed by atoms with Gasteiger partial charge < -0.3 is 5.11 Å². The molecule has 0 saturated carbocycles. The van der Waals surface area contributed by atoms with Crippen LogP contribution in [-0.4, -0.2) is 21.3 Å². The Hall–Kier alpha value is -1.55. The minimum absolute atomic E-state index is 0.00231. The fourth-order valence-corrected chi connectivity index (χ4v) is 1.32. The van der Waals surface area contributed by atoms with Crippen LogP contribution in [0.4, 0.5) is 0 Å². The molecule has 0 saturated heterocycles. The summed E-state index contributed by atoms with van der Waals surface area (Å²) in [5, 5.41) is 16.0. The third kappa shape index (κ3) is 1.25. The van der Waals surface area contributed by atoms with Gasteiger partial charge >= 0.3 is 5.97 Å². The minimum Gasteiger partial charge on any atom is -0.476 e. The van der Waals surface area contributed by atoms with Crippen molar-refractivity contribution in [3.8, 4) is 0 Å². The maximum Gasteiger partial charge on any atom is 0.357 e. The highest BCUT2D eigenvalue weighted by atomic mass is 35.5. The predicted octanol–water partition coefficient (Wildman–Crippen LogP) is 1.91. The lowest BCUT2D eigenvalue weighted by molar-refractivity contribution is 0.0692. The Morgan fingerprint density at radius 3 is 3.00 bits per heavy atom. The summed E-state index contributed by atoms with van der Waals surface area (Å²) in [6, 6.07) is 4.94. The SMILES string of the molecule is O=C(O)c1n[nH]c2ccc(Cl)cc12. The lowest BCUT2D eigenvalue weighted by Crippen LogP contribution is -1.96. The molecule has 0 radical (unpaired) electrons. The number of nitrogens with zero attached hydrogens (tertiary/aromatic N) is 1. The highest BCUT2D eigenvalue weighted by Gasteiger charge is 2.12. The Bertz CT molecular complexity index is 478. The van der Waals surface area contributed by atoms with E-state index in [1.54, 1.807) is 18.2 Å². The number of fused-ring (bicyclic) bond motifs is 1. The summed E-state index contributed by atoms with van der Waals surface area (Å²) in [7, 11) is 0. The number of carboxylic acid groups (broad SMARTS) is 1. The molecule has 0 spiro atoms. The molecule has 0 unspecified atom stereocenters. The second-order valence-electron chi connectivity index (χ2n) is 2.57. The second kappa shape index (κ2) is 2.74. The van der Waals surface area contributed by atoms with E-state index in [1.807, 2.05) is 0 Å². The molecule has 2 N–H and O–H groups in total. The first-order valence-electron chi connectivity index (χ1n) is 3.55. The molecule has 1 aromatic carbocycles. The van der Waals surface area contributed by atoms with Crippen LogP contribution in [0.1, 0.15) is 10.5 Å². The summed E-state index contributed by atoms with van der Waals surface area (Å²) < 4.78 is 0. The highest BCUT2D eigenvalue weighted by Crippen LogP contribution is 2.20. The topological polar surface area (TPSA) is 66.0 Å². The first kappa shape index (κ1) is 8.07. The summed E-state index contributed by atoms with van der Waals surface area (Å²) in [6.45, 7) is 0. The number of halogens is 1. The molecule has 0 fully saturated rings. The van der Waals surface area contributed by atoms with Crippen molar-refractivity contribution in [1.82, 2.24) is 10.2 Å². The van der Waals surface area contributed by atoms with Crippen LogP contribution in [0, 0.1) is 0 Å². The standard InChI is InChI=1S/C8H5ClN2O2/c9-4-1-2-6-5(3-4)7(8(12)13)11-10-6/h1-3H,(H,10,11)(H,12,13). The minimum atomic E-state index is -1.06. The van der Waals surface area contributed by atoms with Crippen LogP contribution in [0.2, 0.25) is 5.02 Å². The van der Waals surface area contributed by atoms with E-state index in [2.05, 4.69) is 10.2 Å². The van der Waals surface area contributed by atoms with Crippen LogP contribution in [0.5, 0.6) is 0 Å². The molecule has 13 heavy (non-hydrogen) atoms. The molecule has 0 amide bonds. The normalized spacial score (nSPS) is 10.5. The fourth-order valence-electron chi connectivity index (χ4n) is 1.15. The molecule has 0 aliphatic heterocycles. The molecular weight excluding hydrogens is 192 g/mol. The van der Waals surface area contributed by atoms with E-state index < -0.39 is 5.97 Å². The number of carboxylic acids is 1. The Morgan fingerprint density at radius 2 is 2.31 bits per heavy atom. The molecule has 0 aliphatic carbocycles. The highest BCUT2D eigenvalue weighted by molar-refractivity contribution is 6.31. The lowest BCUT2D eigenvalue weighted by atomic mass is 10.2. The van der Waals surface area contributed by atoms with E-state index >= 15 is 0 Å². The zero-order valence-corrected chi connectivity index (χ0v) is 7.17. The number of H-pyrrole nitrogens is 1.